The summed E-state index contributed by atoms with van der Waals surface area (Å²) in [4.78, 5) is 25.6. The molecule has 1 heterocycles. The Hall–Kier alpha value is -2.63. The third kappa shape index (κ3) is 3.22. The minimum atomic E-state index is -0.278. The van der Waals surface area contributed by atoms with Gasteiger partial charge < -0.3 is 4.74 Å². The van der Waals surface area contributed by atoms with Gasteiger partial charge >= 0.3 is 0 Å². The molecule has 2 aromatic rings. The van der Waals surface area contributed by atoms with Gasteiger partial charge in [-0.1, -0.05) is 53.6 Å². The average Bonchev–Trinajstić information content (AvgIpc) is 3.41. The van der Waals surface area contributed by atoms with Crippen LogP contribution in [-0.2, 0) is 16.2 Å². The normalized spacial score (nSPS) is 26.8. The minimum absolute atomic E-state index is 0.150. The van der Waals surface area contributed by atoms with Gasteiger partial charge in [-0.3, -0.25) is 9.59 Å². The van der Waals surface area contributed by atoms with E-state index in [0.29, 0.717) is 21.4 Å². The predicted octanol–water partition coefficient (Wildman–Crippen LogP) is 4.71. The molecule has 5 nitrogen and oxygen atoms in total. The Labute approximate surface area is 183 Å². The molecule has 0 N–H and O–H groups in total. The number of imide groups is 1. The molecular formula is C23H18Cl2N2O3. The zero-order valence-corrected chi connectivity index (χ0v) is 17.4. The summed E-state index contributed by atoms with van der Waals surface area (Å²) in [7, 11) is 0. The van der Waals surface area contributed by atoms with E-state index in [4.69, 9.17) is 27.9 Å². The number of fused-ring (bicyclic) bond motifs is 5. The van der Waals surface area contributed by atoms with Crippen LogP contribution in [0.5, 0.6) is 5.75 Å². The van der Waals surface area contributed by atoms with Crippen molar-refractivity contribution in [3.63, 3.8) is 0 Å². The lowest BCUT2D eigenvalue weighted by Gasteiger charge is -2.13. The molecule has 1 aliphatic heterocycles. The first kappa shape index (κ1) is 19.3. The van der Waals surface area contributed by atoms with E-state index >= 15 is 0 Å². The lowest BCUT2D eigenvalue weighted by Crippen LogP contribution is -2.28. The number of benzene rings is 2. The monoisotopic (exact) mass is 440 g/mol. The smallest absolute Gasteiger partial charge is 0.254 e. The van der Waals surface area contributed by atoms with Crippen molar-refractivity contribution in [3.05, 3.63) is 75.8 Å². The van der Waals surface area contributed by atoms with Crippen LogP contribution in [0.25, 0.3) is 0 Å². The molecule has 0 aromatic heterocycles. The maximum absolute atomic E-state index is 12.8. The summed E-state index contributed by atoms with van der Waals surface area (Å²) in [6, 6.07) is 12.5. The van der Waals surface area contributed by atoms with Gasteiger partial charge in [0, 0.05) is 21.2 Å². The first-order valence-corrected chi connectivity index (χ1v) is 10.5. The number of halogens is 2. The second-order valence-corrected chi connectivity index (χ2v) is 8.64. The van der Waals surface area contributed by atoms with Gasteiger partial charge in [0.05, 0.1) is 18.1 Å². The molecule has 1 saturated carbocycles. The van der Waals surface area contributed by atoms with Gasteiger partial charge in [0.25, 0.3) is 11.8 Å². The fourth-order valence-corrected chi connectivity index (χ4v) is 5.01. The van der Waals surface area contributed by atoms with Crippen molar-refractivity contribution < 1.29 is 14.3 Å². The molecule has 4 atom stereocenters. The summed E-state index contributed by atoms with van der Waals surface area (Å²) in [6.07, 6.45) is 6.46. The number of amides is 2. The molecular weight excluding hydrogens is 423 g/mol. The lowest BCUT2D eigenvalue weighted by atomic mass is 9.85. The van der Waals surface area contributed by atoms with E-state index in [1.807, 2.05) is 18.2 Å². The topological polar surface area (TPSA) is 59.0 Å². The van der Waals surface area contributed by atoms with Crippen LogP contribution in [0.4, 0.5) is 0 Å². The lowest BCUT2D eigenvalue weighted by molar-refractivity contribution is -0.140. The first-order chi connectivity index (χ1) is 14.5. The number of carbonyl (C=O) groups excluding carboxylic acids is 2. The number of allylic oxidation sites excluding steroid dienone is 2. The Balaban J connectivity index is 1.36. The molecule has 2 aliphatic carbocycles. The summed E-state index contributed by atoms with van der Waals surface area (Å²) >= 11 is 12.3. The van der Waals surface area contributed by atoms with E-state index in [-0.39, 0.29) is 42.1 Å². The fourth-order valence-electron chi connectivity index (χ4n) is 4.64. The number of hydrogen-bond donors (Lipinski definition) is 0. The third-order valence-electron chi connectivity index (χ3n) is 6.07. The summed E-state index contributed by atoms with van der Waals surface area (Å²) in [5, 5.41) is 6.36. The number of hydrazone groups is 1. The van der Waals surface area contributed by atoms with Gasteiger partial charge in [-0.05, 0) is 42.5 Å². The molecule has 7 heteroatoms. The van der Waals surface area contributed by atoms with Crippen molar-refractivity contribution in [1.82, 2.24) is 5.01 Å². The maximum Gasteiger partial charge on any atom is 0.254 e. The highest BCUT2D eigenvalue weighted by molar-refractivity contribution is 6.31. The second kappa shape index (κ2) is 7.56. The van der Waals surface area contributed by atoms with Crippen molar-refractivity contribution >= 4 is 41.2 Å². The van der Waals surface area contributed by atoms with Crippen LogP contribution in [0.2, 0.25) is 10.0 Å². The molecule has 0 spiro atoms. The molecule has 2 amide bonds. The summed E-state index contributed by atoms with van der Waals surface area (Å²) < 4.78 is 5.91. The molecule has 4 unspecified atom stereocenters. The quantitative estimate of drug-likeness (QED) is 0.384. The van der Waals surface area contributed by atoms with Crippen molar-refractivity contribution in [2.75, 3.05) is 0 Å². The SMILES string of the molecule is O=C1C2C3C=CC(C3)C2C(=O)N1N=Cc1cc(Cl)ccc1OCc1ccccc1Cl. The van der Waals surface area contributed by atoms with E-state index < -0.39 is 0 Å². The highest BCUT2D eigenvalue weighted by atomic mass is 35.5. The summed E-state index contributed by atoms with van der Waals surface area (Å²) in [5.41, 5.74) is 1.42. The molecule has 3 aliphatic rings. The second-order valence-electron chi connectivity index (χ2n) is 7.79. The van der Waals surface area contributed by atoms with Gasteiger partial charge in [0.15, 0.2) is 0 Å². The van der Waals surface area contributed by atoms with Crippen LogP contribution in [0.1, 0.15) is 17.5 Å². The number of hydrogen-bond acceptors (Lipinski definition) is 4. The Bertz CT molecular complexity index is 1070. The maximum atomic E-state index is 12.8. The molecule has 2 bridgehead atoms. The summed E-state index contributed by atoms with van der Waals surface area (Å²) in [6.45, 7) is 0.267. The predicted molar refractivity (Wildman–Crippen MR) is 114 cm³/mol. The van der Waals surface area contributed by atoms with Gasteiger partial charge in [-0.2, -0.15) is 10.1 Å². The van der Waals surface area contributed by atoms with Crippen molar-refractivity contribution in [2.45, 2.75) is 13.0 Å². The fraction of sp³-hybridized carbons (Fsp3) is 0.261. The molecule has 152 valence electrons. The van der Waals surface area contributed by atoms with Crippen LogP contribution in [0, 0.1) is 23.7 Å². The van der Waals surface area contributed by atoms with E-state index in [9.17, 15) is 9.59 Å². The van der Waals surface area contributed by atoms with Crippen LogP contribution in [0.15, 0.2) is 59.7 Å². The minimum Gasteiger partial charge on any atom is -0.488 e. The average molecular weight is 441 g/mol. The van der Waals surface area contributed by atoms with Crippen molar-refractivity contribution in [3.8, 4) is 5.75 Å². The number of carbonyl (C=O) groups is 2. The van der Waals surface area contributed by atoms with Gasteiger partial charge in [0.1, 0.15) is 12.4 Å². The molecule has 2 aromatic carbocycles. The molecule has 2 fully saturated rings. The van der Waals surface area contributed by atoms with E-state index in [0.717, 1.165) is 17.0 Å². The zero-order chi connectivity index (χ0) is 20.8. The summed E-state index contributed by atoms with van der Waals surface area (Å²) in [5.74, 6) is -0.170. The highest BCUT2D eigenvalue weighted by Gasteiger charge is 2.59. The number of rotatable bonds is 5. The largest absolute Gasteiger partial charge is 0.488 e. The van der Waals surface area contributed by atoms with E-state index in [1.165, 1.54) is 6.21 Å². The Morgan fingerprint density at radius 3 is 2.43 bits per heavy atom. The third-order valence-corrected chi connectivity index (χ3v) is 6.68. The van der Waals surface area contributed by atoms with Crippen LogP contribution < -0.4 is 4.74 Å². The molecule has 30 heavy (non-hydrogen) atoms. The standard InChI is InChI=1S/C23H18Cl2N2O3/c24-17-7-8-19(30-12-15-3-1-2-4-18(15)25)16(10-17)11-26-27-22(28)20-13-5-6-14(9-13)21(20)23(27)29/h1-8,10-11,13-14,20-21H,9,12H2. The van der Waals surface area contributed by atoms with E-state index in [2.05, 4.69) is 17.3 Å². The van der Waals surface area contributed by atoms with Crippen LogP contribution >= 0.6 is 23.2 Å². The van der Waals surface area contributed by atoms with Gasteiger partial charge in [-0.15, -0.1) is 0 Å². The van der Waals surface area contributed by atoms with Crippen molar-refractivity contribution in [2.24, 2.45) is 28.8 Å². The Morgan fingerprint density at radius 1 is 1.03 bits per heavy atom. The van der Waals surface area contributed by atoms with E-state index in [1.54, 1.807) is 24.3 Å². The van der Waals surface area contributed by atoms with Gasteiger partial charge in [0.2, 0.25) is 0 Å². The van der Waals surface area contributed by atoms with Crippen LogP contribution in [0.3, 0.4) is 0 Å². The molecule has 5 rings (SSSR count). The Morgan fingerprint density at radius 2 is 1.73 bits per heavy atom. The first-order valence-electron chi connectivity index (χ1n) is 9.79. The Kier molecular flexibility index (Phi) is 4.88. The highest BCUT2D eigenvalue weighted by Crippen LogP contribution is 2.52. The van der Waals surface area contributed by atoms with Crippen molar-refractivity contribution in [1.29, 1.82) is 0 Å². The number of ether oxygens (including phenoxy) is 1. The van der Waals surface area contributed by atoms with Crippen LogP contribution in [-0.4, -0.2) is 23.0 Å². The van der Waals surface area contributed by atoms with Gasteiger partial charge in [-0.25, -0.2) is 0 Å². The molecule has 1 saturated heterocycles. The molecule has 0 radical (unpaired) electrons. The zero-order valence-electron chi connectivity index (χ0n) is 15.9. The number of nitrogens with zero attached hydrogens (tertiary/aromatic N) is 2.